The quantitative estimate of drug-likeness (QED) is 0.751. The van der Waals surface area contributed by atoms with Crippen molar-refractivity contribution in [3.05, 3.63) is 70.0 Å². The number of hydrogen-bond acceptors (Lipinski definition) is 3. The molecule has 27 heavy (non-hydrogen) atoms. The van der Waals surface area contributed by atoms with Crippen LogP contribution in [0.2, 0.25) is 0 Å². The first-order chi connectivity index (χ1) is 12.9. The van der Waals surface area contributed by atoms with Crippen LogP contribution >= 0.6 is 0 Å². The first-order valence-corrected chi connectivity index (χ1v) is 8.80. The van der Waals surface area contributed by atoms with E-state index in [1.165, 1.54) is 6.92 Å². The third kappa shape index (κ3) is 2.99. The van der Waals surface area contributed by atoms with Crippen molar-refractivity contribution in [2.75, 3.05) is 10.6 Å². The number of nitrogens with zero attached hydrogens (tertiary/aromatic N) is 1. The van der Waals surface area contributed by atoms with E-state index >= 15 is 0 Å². The van der Waals surface area contributed by atoms with Crippen molar-refractivity contribution in [2.24, 2.45) is 0 Å². The highest BCUT2D eigenvalue weighted by Crippen LogP contribution is 2.31. The summed E-state index contributed by atoms with van der Waals surface area (Å²) >= 11 is 0. The Morgan fingerprint density at radius 2 is 1.78 bits per heavy atom. The molecule has 1 aromatic heterocycles. The summed E-state index contributed by atoms with van der Waals surface area (Å²) in [5, 5.41) is 5.99. The molecule has 0 fully saturated rings. The van der Waals surface area contributed by atoms with E-state index in [1.54, 1.807) is 36.5 Å². The second kappa shape index (κ2) is 6.39. The normalized spacial score (nSPS) is 15.0. The molecule has 1 aliphatic rings. The predicted octanol–water partition coefficient (Wildman–Crippen LogP) is 3.33. The van der Waals surface area contributed by atoms with Crippen LogP contribution in [0.15, 0.2) is 53.5 Å². The van der Waals surface area contributed by atoms with Gasteiger partial charge in [-0.3, -0.25) is 14.4 Å². The van der Waals surface area contributed by atoms with Crippen molar-refractivity contribution in [3.63, 3.8) is 0 Å². The summed E-state index contributed by atoms with van der Waals surface area (Å²) < 4.78 is 2.01. The van der Waals surface area contributed by atoms with Gasteiger partial charge in [0.1, 0.15) is 5.56 Å². The molecule has 0 saturated carbocycles. The van der Waals surface area contributed by atoms with Gasteiger partial charge >= 0.3 is 0 Å². The maximum Gasteiger partial charge on any atom is 0.261 e. The number of carbonyl (C=O) groups excluding carboxylic acids is 2. The lowest BCUT2D eigenvalue weighted by atomic mass is 10.1. The molecule has 4 rings (SSSR count). The van der Waals surface area contributed by atoms with Crippen LogP contribution in [0.1, 0.15) is 35.8 Å². The molecular formula is C21H19N3O3. The Balaban J connectivity index is 1.72. The number of amides is 2. The number of para-hydroxylation sites is 1. The number of anilines is 2. The zero-order valence-electron chi connectivity index (χ0n) is 15.1. The number of aromatic nitrogens is 1. The van der Waals surface area contributed by atoms with Crippen LogP contribution in [0, 0.1) is 0 Å². The van der Waals surface area contributed by atoms with E-state index in [9.17, 15) is 14.4 Å². The molecule has 1 unspecified atom stereocenters. The summed E-state index contributed by atoms with van der Waals surface area (Å²) in [6, 6.07) is 12.7. The topological polar surface area (TPSA) is 80.2 Å². The molecule has 1 aliphatic heterocycles. The highest BCUT2D eigenvalue weighted by molar-refractivity contribution is 6.06. The maximum atomic E-state index is 12.9. The van der Waals surface area contributed by atoms with Crippen molar-refractivity contribution in [1.82, 2.24) is 4.57 Å². The van der Waals surface area contributed by atoms with Crippen LogP contribution in [-0.2, 0) is 11.2 Å². The molecule has 2 aromatic carbocycles. The average molecular weight is 361 g/mol. The van der Waals surface area contributed by atoms with Gasteiger partial charge in [-0.2, -0.15) is 0 Å². The Morgan fingerprint density at radius 3 is 2.52 bits per heavy atom. The molecule has 2 N–H and O–H groups in total. The van der Waals surface area contributed by atoms with Gasteiger partial charge in [-0.25, -0.2) is 0 Å². The predicted molar refractivity (Wildman–Crippen MR) is 105 cm³/mol. The van der Waals surface area contributed by atoms with Gasteiger partial charge < -0.3 is 15.2 Å². The summed E-state index contributed by atoms with van der Waals surface area (Å²) in [6.45, 7) is 3.49. The highest BCUT2D eigenvalue weighted by atomic mass is 16.2. The molecule has 6 nitrogen and oxygen atoms in total. The number of benzene rings is 2. The molecule has 0 saturated heterocycles. The van der Waals surface area contributed by atoms with E-state index in [1.807, 2.05) is 16.7 Å². The molecular weight excluding hydrogens is 342 g/mol. The average Bonchev–Trinajstić information content (AvgIpc) is 2.94. The van der Waals surface area contributed by atoms with E-state index in [-0.39, 0.29) is 22.9 Å². The third-order valence-corrected chi connectivity index (χ3v) is 4.81. The van der Waals surface area contributed by atoms with Gasteiger partial charge in [0.2, 0.25) is 11.3 Å². The zero-order valence-corrected chi connectivity index (χ0v) is 15.1. The smallest absolute Gasteiger partial charge is 0.261 e. The Morgan fingerprint density at radius 1 is 1.07 bits per heavy atom. The third-order valence-electron chi connectivity index (χ3n) is 4.81. The second-order valence-electron chi connectivity index (χ2n) is 6.86. The lowest BCUT2D eigenvalue weighted by molar-refractivity contribution is -0.114. The fraction of sp³-hybridized carbons (Fsp3) is 0.190. The summed E-state index contributed by atoms with van der Waals surface area (Å²) in [5.74, 6) is -0.658. The molecule has 0 spiro atoms. The summed E-state index contributed by atoms with van der Waals surface area (Å²) in [7, 11) is 0. The second-order valence-corrected chi connectivity index (χ2v) is 6.86. The van der Waals surface area contributed by atoms with E-state index in [0.717, 1.165) is 17.5 Å². The van der Waals surface area contributed by atoms with Crippen molar-refractivity contribution < 1.29 is 9.59 Å². The number of nitrogens with one attached hydrogen (secondary N) is 2. The summed E-state index contributed by atoms with van der Waals surface area (Å²) in [5.41, 5.74) is 2.97. The molecule has 3 aromatic rings. The minimum absolute atomic E-state index is 0.110. The minimum Gasteiger partial charge on any atom is -0.343 e. The number of rotatable bonds is 3. The van der Waals surface area contributed by atoms with Crippen molar-refractivity contribution in [1.29, 1.82) is 0 Å². The van der Waals surface area contributed by atoms with E-state index in [0.29, 0.717) is 16.8 Å². The van der Waals surface area contributed by atoms with Crippen LogP contribution in [0.5, 0.6) is 0 Å². The van der Waals surface area contributed by atoms with Gasteiger partial charge in [0.05, 0.1) is 5.52 Å². The zero-order chi connectivity index (χ0) is 19.1. The SMILES string of the molecule is CC(=O)Nc1cccc(NC(=O)c2cn3c4c(cccc4c2=O)CC3C)c1. The summed E-state index contributed by atoms with van der Waals surface area (Å²) in [4.78, 5) is 36.9. The van der Waals surface area contributed by atoms with Crippen LogP contribution in [0.3, 0.4) is 0 Å². The number of pyridine rings is 1. The van der Waals surface area contributed by atoms with E-state index in [4.69, 9.17) is 0 Å². The van der Waals surface area contributed by atoms with Crippen LogP contribution in [0.4, 0.5) is 11.4 Å². The standard InChI is InChI=1S/C21H19N3O3/c1-12-9-14-5-3-8-17-19(14)24(12)11-18(20(17)26)21(27)23-16-7-4-6-15(10-16)22-13(2)25/h3-8,10-12H,9H2,1-2H3,(H,22,25)(H,23,27). The molecule has 0 radical (unpaired) electrons. The Bertz CT molecular complexity index is 1150. The van der Waals surface area contributed by atoms with Crippen molar-refractivity contribution >= 4 is 34.1 Å². The lowest BCUT2D eigenvalue weighted by Crippen LogP contribution is -2.23. The Kier molecular flexibility index (Phi) is 4.03. The fourth-order valence-corrected chi connectivity index (χ4v) is 3.65. The van der Waals surface area contributed by atoms with E-state index < -0.39 is 5.91 Å². The van der Waals surface area contributed by atoms with Gasteiger partial charge in [0.25, 0.3) is 5.91 Å². The van der Waals surface area contributed by atoms with Crippen molar-refractivity contribution in [2.45, 2.75) is 26.3 Å². The van der Waals surface area contributed by atoms with Gasteiger partial charge in [-0.05, 0) is 43.2 Å². The van der Waals surface area contributed by atoms with Crippen molar-refractivity contribution in [3.8, 4) is 0 Å². The first-order valence-electron chi connectivity index (χ1n) is 8.80. The van der Waals surface area contributed by atoms with Gasteiger partial charge in [0, 0.05) is 35.9 Å². The molecule has 2 amide bonds. The molecule has 0 aliphatic carbocycles. The van der Waals surface area contributed by atoms with Gasteiger partial charge in [0.15, 0.2) is 0 Å². The lowest BCUT2D eigenvalue weighted by Gasteiger charge is -2.13. The van der Waals surface area contributed by atoms with Gasteiger partial charge in [-0.1, -0.05) is 18.2 Å². The molecule has 2 heterocycles. The minimum atomic E-state index is -0.463. The number of hydrogen-bond donors (Lipinski definition) is 2. The molecule has 1 atom stereocenters. The summed E-state index contributed by atoms with van der Waals surface area (Å²) in [6.07, 6.45) is 2.50. The molecule has 136 valence electrons. The monoisotopic (exact) mass is 361 g/mol. The Labute approximate surface area is 155 Å². The number of carbonyl (C=O) groups is 2. The van der Waals surface area contributed by atoms with Crippen LogP contribution in [-0.4, -0.2) is 16.4 Å². The fourth-order valence-electron chi connectivity index (χ4n) is 3.65. The Hall–Kier alpha value is -3.41. The molecule has 0 bridgehead atoms. The largest absolute Gasteiger partial charge is 0.343 e. The van der Waals surface area contributed by atoms with Crippen LogP contribution in [0.25, 0.3) is 10.9 Å². The van der Waals surface area contributed by atoms with E-state index in [2.05, 4.69) is 17.6 Å². The maximum absolute atomic E-state index is 12.9. The first kappa shape index (κ1) is 17.0. The van der Waals surface area contributed by atoms with Crippen LogP contribution < -0.4 is 16.1 Å². The van der Waals surface area contributed by atoms with Gasteiger partial charge in [-0.15, -0.1) is 0 Å². The molecule has 6 heteroatoms. The highest BCUT2D eigenvalue weighted by Gasteiger charge is 2.24.